The monoisotopic (exact) mass is 305 g/mol. The first-order chi connectivity index (χ1) is 11.2. The first-order valence-electron chi connectivity index (χ1n) is 7.08. The van der Waals surface area contributed by atoms with Crippen molar-refractivity contribution < 1.29 is 9.21 Å². The maximum atomic E-state index is 12.7. The van der Waals surface area contributed by atoms with Crippen LogP contribution in [0.2, 0.25) is 0 Å². The molecule has 23 heavy (non-hydrogen) atoms. The predicted molar refractivity (Wildman–Crippen MR) is 86.1 cm³/mol. The molecule has 5 nitrogen and oxygen atoms in total. The van der Waals surface area contributed by atoms with E-state index in [0.29, 0.717) is 17.2 Å². The van der Waals surface area contributed by atoms with E-state index in [2.05, 4.69) is 0 Å². The highest BCUT2D eigenvalue weighted by Crippen LogP contribution is 2.18. The highest BCUT2D eigenvalue weighted by molar-refractivity contribution is 6.11. The number of para-hydroxylation sites is 1. The molecular weight excluding hydrogens is 290 g/mol. The minimum atomic E-state index is -0.456. The van der Waals surface area contributed by atoms with Crippen molar-refractivity contribution in [3.63, 3.8) is 0 Å². The molecule has 1 aromatic carbocycles. The number of hydrogen-bond donors (Lipinski definition) is 0. The van der Waals surface area contributed by atoms with Gasteiger partial charge in [0, 0.05) is 18.3 Å². The van der Waals surface area contributed by atoms with E-state index in [0.717, 1.165) is 0 Å². The normalized spacial score (nSPS) is 10.7. The number of carbonyl (C=O) groups excluding carboxylic acids is 1. The van der Waals surface area contributed by atoms with E-state index >= 15 is 0 Å². The summed E-state index contributed by atoms with van der Waals surface area (Å²) in [5.74, 6) is 0.689. The van der Waals surface area contributed by atoms with E-state index in [9.17, 15) is 10.1 Å². The van der Waals surface area contributed by atoms with Crippen LogP contribution in [-0.2, 0) is 4.79 Å². The van der Waals surface area contributed by atoms with Crippen molar-refractivity contribution in [1.82, 2.24) is 0 Å². The Bertz CT molecular complexity index is 792. The molecule has 0 spiro atoms. The van der Waals surface area contributed by atoms with Crippen LogP contribution >= 0.6 is 0 Å². The molecule has 2 aromatic rings. The van der Waals surface area contributed by atoms with Gasteiger partial charge >= 0.3 is 0 Å². The second-order valence-corrected chi connectivity index (χ2v) is 4.82. The van der Waals surface area contributed by atoms with Gasteiger partial charge in [-0.15, -0.1) is 0 Å². The van der Waals surface area contributed by atoms with Gasteiger partial charge in [-0.05, 0) is 31.2 Å². The molecule has 1 aromatic heterocycles. The van der Waals surface area contributed by atoms with Crippen molar-refractivity contribution in [2.75, 3.05) is 11.4 Å². The van der Waals surface area contributed by atoms with Crippen LogP contribution in [0.3, 0.4) is 0 Å². The molecule has 1 amide bonds. The van der Waals surface area contributed by atoms with Crippen molar-refractivity contribution in [3.8, 4) is 12.1 Å². The summed E-state index contributed by atoms with van der Waals surface area (Å²) in [5, 5.41) is 18.1. The summed E-state index contributed by atoms with van der Waals surface area (Å²) in [6, 6.07) is 16.4. The first kappa shape index (κ1) is 16.1. The lowest BCUT2D eigenvalue weighted by molar-refractivity contribution is -0.114. The van der Waals surface area contributed by atoms with Crippen LogP contribution in [0.1, 0.15) is 17.9 Å². The van der Waals surface area contributed by atoms with Crippen molar-refractivity contribution in [3.05, 3.63) is 59.6 Å². The summed E-state index contributed by atoms with van der Waals surface area (Å²) in [5.41, 5.74) is 0.602. The number of amides is 1. The molecular formula is C18H15N3O2. The molecule has 0 radical (unpaired) electrons. The highest BCUT2D eigenvalue weighted by Gasteiger charge is 2.20. The molecule has 1 heterocycles. The molecule has 0 aliphatic carbocycles. The largest absolute Gasteiger partial charge is 0.462 e. The van der Waals surface area contributed by atoms with E-state index in [1.54, 1.807) is 43.3 Å². The summed E-state index contributed by atoms with van der Waals surface area (Å²) in [7, 11) is 0. The topological polar surface area (TPSA) is 81.0 Å². The SMILES string of the molecule is Cc1ccc(C=C(C#N)C(=O)N(CCC#N)c2ccccc2)o1. The molecule has 5 heteroatoms. The third-order valence-corrected chi connectivity index (χ3v) is 3.16. The third-order valence-electron chi connectivity index (χ3n) is 3.16. The van der Waals surface area contributed by atoms with Gasteiger partial charge in [-0.2, -0.15) is 10.5 Å². The van der Waals surface area contributed by atoms with Crippen LogP contribution in [0.5, 0.6) is 0 Å². The molecule has 0 unspecified atom stereocenters. The van der Waals surface area contributed by atoms with Crippen LogP contribution in [-0.4, -0.2) is 12.5 Å². The third kappa shape index (κ3) is 4.09. The lowest BCUT2D eigenvalue weighted by Crippen LogP contribution is -2.32. The molecule has 0 saturated heterocycles. The average Bonchev–Trinajstić information content (AvgIpc) is 2.99. The fourth-order valence-electron chi connectivity index (χ4n) is 2.08. The van der Waals surface area contributed by atoms with Gasteiger partial charge in [0.15, 0.2) is 0 Å². The summed E-state index contributed by atoms with van der Waals surface area (Å²) < 4.78 is 5.38. The van der Waals surface area contributed by atoms with Gasteiger partial charge in [0.1, 0.15) is 23.2 Å². The Morgan fingerprint density at radius 2 is 1.96 bits per heavy atom. The fourth-order valence-corrected chi connectivity index (χ4v) is 2.08. The van der Waals surface area contributed by atoms with Crippen LogP contribution < -0.4 is 4.90 Å². The Morgan fingerprint density at radius 3 is 2.52 bits per heavy atom. The number of furan rings is 1. The van der Waals surface area contributed by atoms with Crippen LogP contribution in [0.15, 0.2) is 52.5 Å². The highest BCUT2D eigenvalue weighted by atomic mass is 16.3. The molecule has 0 aliphatic heterocycles. The first-order valence-corrected chi connectivity index (χ1v) is 7.08. The maximum Gasteiger partial charge on any atom is 0.269 e. The van der Waals surface area contributed by atoms with Crippen molar-refractivity contribution in [2.24, 2.45) is 0 Å². The van der Waals surface area contributed by atoms with Gasteiger partial charge in [0.25, 0.3) is 5.91 Å². The zero-order chi connectivity index (χ0) is 16.7. The van der Waals surface area contributed by atoms with E-state index in [1.807, 2.05) is 18.2 Å². The number of nitriles is 2. The summed E-state index contributed by atoms with van der Waals surface area (Å²) in [4.78, 5) is 14.1. The molecule has 0 saturated carbocycles. The Hall–Kier alpha value is -3.31. The molecule has 0 atom stereocenters. The lowest BCUT2D eigenvalue weighted by Gasteiger charge is -2.21. The number of nitrogens with zero attached hydrogens (tertiary/aromatic N) is 3. The Balaban J connectivity index is 2.33. The maximum absolute atomic E-state index is 12.7. The molecule has 0 fully saturated rings. The predicted octanol–water partition coefficient (Wildman–Crippen LogP) is 3.44. The fraction of sp³-hybridized carbons (Fsp3) is 0.167. The Morgan fingerprint density at radius 1 is 1.22 bits per heavy atom. The number of benzene rings is 1. The van der Waals surface area contributed by atoms with E-state index in [4.69, 9.17) is 9.68 Å². The van der Waals surface area contributed by atoms with Crippen molar-refractivity contribution in [2.45, 2.75) is 13.3 Å². The van der Waals surface area contributed by atoms with Crippen molar-refractivity contribution >= 4 is 17.7 Å². The van der Waals surface area contributed by atoms with Gasteiger partial charge in [-0.1, -0.05) is 18.2 Å². The minimum absolute atomic E-state index is 0.0406. The number of anilines is 1. The van der Waals surface area contributed by atoms with Gasteiger partial charge in [0.05, 0.1) is 12.5 Å². The minimum Gasteiger partial charge on any atom is -0.462 e. The quantitative estimate of drug-likeness (QED) is 0.626. The van der Waals surface area contributed by atoms with Crippen LogP contribution in [0, 0.1) is 29.6 Å². The van der Waals surface area contributed by atoms with Crippen LogP contribution in [0.4, 0.5) is 5.69 Å². The van der Waals surface area contributed by atoms with E-state index in [1.165, 1.54) is 11.0 Å². The molecule has 0 N–H and O–H groups in total. The van der Waals surface area contributed by atoms with E-state index < -0.39 is 5.91 Å². The number of aryl methyl sites for hydroxylation is 1. The zero-order valence-corrected chi connectivity index (χ0v) is 12.7. The van der Waals surface area contributed by atoms with Gasteiger partial charge < -0.3 is 9.32 Å². The second kappa shape index (κ2) is 7.63. The van der Waals surface area contributed by atoms with Crippen LogP contribution in [0.25, 0.3) is 6.08 Å². The molecule has 114 valence electrons. The number of carbonyl (C=O) groups is 1. The van der Waals surface area contributed by atoms with Crippen molar-refractivity contribution in [1.29, 1.82) is 10.5 Å². The summed E-state index contributed by atoms with van der Waals surface area (Å²) >= 11 is 0. The number of rotatable bonds is 5. The molecule has 0 bridgehead atoms. The summed E-state index contributed by atoms with van der Waals surface area (Å²) in [6.45, 7) is 2.00. The Labute approximate surface area is 134 Å². The van der Waals surface area contributed by atoms with Gasteiger partial charge in [0.2, 0.25) is 0 Å². The smallest absolute Gasteiger partial charge is 0.269 e. The Kier molecular flexibility index (Phi) is 5.33. The second-order valence-electron chi connectivity index (χ2n) is 4.82. The zero-order valence-electron chi connectivity index (χ0n) is 12.7. The standard InChI is InChI=1S/C18H15N3O2/c1-14-8-9-17(23-14)12-15(13-20)18(22)21(11-5-10-19)16-6-3-2-4-7-16/h2-4,6-9,12H,5,11H2,1H3. The lowest BCUT2D eigenvalue weighted by atomic mass is 10.2. The summed E-state index contributed by atoms with van der Waals surface area (Å²) in [6.07, 6.45) is 1.59. The van der Waals surface area contributed by atoms with E-state index in [-0.39, 0.29) is 18.5 Å². The number of hydrogen-bond acceptors (Lipinski definition) is 4. The molecule has 2 rings (SSSR count). The average molecular weight is 305 g/mol. The molecule has 0 aliphatic rings. The van der Waals surface area contributed by atoms with Gasteiger partial charge in [-0.3, -0.25) is 4.79 Å². The van der Waals surface area contributed by atoms with Gasteiger partial charge in [-0.25, -0.2) is 0 Å².